The van der Waals surface area contributed by atoms with Crippen molar-refractivity contribution in [2.24, 2.45) is 0 Å². The lowest BCUT2D eigenvalue weighted by Gasteiger charge is -2.31. The van der Waals surface area contributed by atoms with Gasteiger partial charge in [0.1, 0.15) is 6.04 Å². The fraction of sp³-hybridized carbons (Fsp3) is 0.579. The fourth-order valence-corrected chi connectivity index (χ4v) is 2.55. The summed E-state index contributed by atoms with van der Waals surface area (Å²) >= 11 is 0. The third-order valence-corrected chi connectivity index (χ3v) is 3.75. The summed E-state index contributed by atoms with van der Waals surface area (Å²) in [4.78, 5) is 26.8. The van der Waals surface area contributed by atoms with Crippen molar-refractivity contribution < 1.29 is 9.59 Å². The Morgan fingerprint density at radius 2 is 1.74 bits per heavy atom. The molecule has 0 aromatic heterocycles. The smallest absolute Gasteiger partial charge is 0.243 e. The summed E-state index contributed by atoms with van der Waals surface area (Å²) in [6, 6.07) is 7.76. The third-order valence-electron chi connectivity index (χ3n) is 3.75. The molecule has 128 valence electrons. The largest absolute Gasteiger partial charge is 0.352 e. The number of nitrogens with zero attached hydrogens (tertiary/aromatic N) is 1. The number of hydrogen-bond donors (Lipinski definition) is 1. The van der Waals surface area contributed by atoms with Crippen molar-refractivity contribution in [3.05, 3.63) is 35.4 Å². The zero-order valence-electron chi connectivity index (χ0n) is 15.1. The van der Waals surface area contributed by atoms with Crippen LogP contribution >= 0.6 is 0 Å². The van der Waals surface area contributed by atoms with Gasteiger partial charge in [-0.25, -0.2) is 0 Å². The molecule has 0 bridgehead atoms. The molecule has 0 fully saturated rings. The molecule has 0 heterocycles. The average Bonchev–Trinajstić information content (AvgIpc) is 2.48. The van der Waals surface area contributed by atoms with Crippen LogP contribution in [0.25, 0.3) is 0 Å². The molecule has 0 saturated heterocycles. The number of carbonyl (C=O) groups excluding carboxylic acids is 2. The van der Waals surface area contributed by atoms with E-state index in [4.69, 9.17) is 0 Å². The Kier molecular flexibility index (Phi) is 7.79. The second-order valence-corrected chi connectivity index (χ2v) is 6.34. The quantitative estimate of drug-likeness (QED) is 0.798. The first kappa shape index (κ1) is 19.2. The van der Waals surface area contributed by atoms with Crippen LogP contribution in [0, 0.1) is 6.92 Å². The molecular weight excluding hydrogens is 288 g/mol. The van der Waals surface area contributed by atoms with Crippen LogP contribution in [0.1, 0.15) is 58.1 Å². The summed E-state index contributed by atoms with van der Waals surface area (Å²) in [5, 5.41) is 2.93. The lowest BCUT2D eigenvalue weighted by Crippen LogP contribution is -2.50. The molecule has 23 heavy (non-hydrogen) atoms. The van der Waals surface area contributed by atoms with Crippen LogP contribution in [0.2, 0.25) is 0 Å². The molecule has 0 unspecified atom stereocenters. The van der Waals surface area contributed by atoms with E-state index >= 15 is 0 Å². The Morgan fingerprint density at radius 3 is 2.22 bits per heavy atom. The minimum atomic E-state index is -0.419. The molecule has 1 aromatic rings. The van der Waals surface area contributed by atoms with Crippen molar-refractivity contribution in [2.45, 2.75) is 72.5 Å². The van der Waals surface area contributed by atoms with Gasteiger partial charge in [-0.2, -0.15) is 0 Å². The number of amides is 2. The van der Waals surface area contributed by atoms with Gasteiger partial charge in [-0.1, -0.05) is 43.7 Å². The molecule has 1 rings (SSSR count). The summed E-state index contributed by atoms with van der Waals surface area (Å²) in [5.74, 6) is -0.0297. The predicted molar refractivity (Wildman–Crippen MR) is 94.0 cm³/mol. The van der Waals surface area contributed by atoms with Crippen LogP contribution in [-0.2, 0) is 16.1 Å². The van der Waals surface area contributed by atoms with E-state index < -0.39 is 6.04 Å². The molecule has 2 amide bonds. The highest BCUT2D eigenvalue weighted by molar-refractivity contribution is 5.87. The van der Waals surface area contributed by atoms with E-state index in [-0.39, 0.29) is 17.9 Å². The van der Waals surface area contributed by atoms with Crippen LogP contribution in [-0.4, -0.2) is 28.8 Å². The second-order valence-electron chi connectivity index (χ2n) is 6.34. The minimum absolute atomic E-state index is 0.0406. The van der Waals surface area contributed by atoms with Crippen LogP contribution < -0.4 is 5.32 Å². The van der Waals surface area contributed by atoms with Gasteiger partial charge in [0.15, 0.2) is 0 Å². The standard InChI is InChI=1S/C19H30N2O2/c1-6-8-18(22)21(13-16-11-9-15(5)10-12-16)17(7-2)19(23)20-14(3)4/h9-12,14,17H,6-8,13H2,1-5H3,(H,20,23)/t17-/m0/s1. The van der Waals surface area contributed by atoms with E-state index in [0.29, 0.717) is 19.4 Å². The minimum Gasteiger partial charge on any atom is -0.352 e. The molecule has 1 N–H and O–H groups in total. The van der Waals surface area contributed by atoms with Gasteiger partial charge < -0.3 is 10.2 Å². The topological polar surface area (TPSA) is 49.4 Å². The number of aryl methyl sites for hydroxylation is 1. The third kappa shape index (κ3) is 6.05. The van der Waals surface area contributed by atoms with Crippen molar-refractivity contribution >= 4 is 11.8 Å². The predicted octanol–water partition coefficient (Wildman–Crippen LogP) is 3.43. The van der Waals surface area contributed by atoms with E-state index in [1.807, 2.05) is 58.9 Å². The molecule has 0 aliphatic carbocycles. The summed E-state index contributed by atoms with van der Waals surface area (Å²) in [6.07, 6.45) is 1.86. The van der Waals surface area contributed by atoms with Crippen molar-refractivity contribution in [2.75, 3.05) is 0 Å². The van der Waals surface area contributed by atoms with Gasteiger partial charge in [0.25, 0.3) is 0 Å². The van der Waals surface area contributed by atoms with E-state index in [1.54, 1.807) is 4.90 Å². The fourth-order valence-electron chi connectivity index (χ4n) is 2.55. The zero-order chi connectivity index (χ0) is 17.4. The zero-order valence-corrected chi connectivity index (χ0v) is 15.1. The van der Waals surface area contributed by atoms with Gasteiger partial charge in [0.05, 0.1) is 0 Å². The van der Waals surface area contributed by atoms with Crippen LogP contribution in [0.5, 0.6) is 0 Å². The normalized spacial score (nSPS) is 12.1. The monoisotopic (exact) mass is 318 g/mol. The number of rotatable bonds is 8. The Labute approximate surface area is 140 Å². The summed E-state index contributed by atoms with van der Waals surface area (Å²) in [5.41, 5.74) is 2.24. The van der Waals surface area contributed by atoms with E-state index in [9.17, 15) is 9.59 Å². The highest BCUT2D eigenvalue weighted by Crippen LogP contribution is 2.15. The maximum Gasteiger partial charge on any atom is 0.243 e. The van der Waals surface area contributed by atoms with Crippen molar-refractivity contribution in [3.8, 4) is 0 Å². The summed E-state index contributed by atoms with van der Waals surface area (Å²) in [7, 11) is 0. The molecule has 0 aliphatic rings. The lowest BCUT2D eigenvalue weighted by molar-refractivity contribution is -0.141. The Hall–Kier alpha value is -1.84. The highest BCUT2D eigenvalue weighted by atomic mass is 16.2. The van der Waals surface area contributed by atoms with Crippen molar-refractivity contribution in [1.82, 2.24) is 10.2 Å². The van der Waals surface area contributed by atoms with E-state index in [0.717, 1.165) is 12.0 Å². The van der Waals surface area contributed by atoms with Gasteiger partial charge in [0, 0.05) is 19.0 Å². The number of hydrogen-bond acceptors (Lipinski definition) is 2. The van der Waals surface area contributed by atoms with Crippen LogP contribution in [0.3, 0.4) is 0 Å². The Bertz CT molecular complexity index is 509. The number of carbonyl (C=O) groups is 2. The molecular formula is C19H30N2O2. The molecule has 4 heteroatoms. The van der Waals surface area contributed by atoms with Gasteiger partial charge >= 0.3 is 0 Å². The van der Waals surface area contributed by atoms with Gasteiger partial charge in [-0.05, 0) is 39.2 Å². The lowest BCUT2D eigenvalue weighted by atomic mass is 10.1. The molecule has 0 spiro atoms. The second kappa shape index (κ2) is 9.33. The maximum absolute atomic E-state index is 12.6. The van der Waals surface area contributed by atoms with Crippen molar-refractivity contribution in [1.29, 1.82) is 0 Å². The first-order valence-electron chi connectivity index (χ1n) is 8.54. The highest BCUT2D eigenvalue weighted by Gasteiger charge is 2.28. The van der Waals surface area contributed by atoms with Gasteiger partial charge in [0.2, 0.25) is 11.8 Å². The molecule has 4 nitrogen and oxygen atoms in total. The summed E-state index contributed by atoms with van der Waals surface area (Å²) < 4.78 is 0. The maximum atomic E-state index is 12.6. The molecule has 1 aromatic carbocycles. The number of nitrogens with one attached hydrogen (secondary N) is 1. The van der Waals surface area contributed by atoms with Crippen LogP contribution in [0.15, 0.2) is 24.3 Å². The van der Waals surface area contributed by atoms with E-state index in [1.165, 1.54) is 5.56 Å². The first-order chi connectivity index (χ1) is 10.9. The molecule has 0 saturated carbocycles. The molecule has 0 aliphatic heterocycles. The Balaban J connectivity index is 2.99. The van der Waals surface area contributed by atoms with Gasteiger partial charge in [-0.15, -0.1) is 0 Å². The van der Waals surface area contributed by atoms with Gasteiger partial charge in [-0.3, -0.25) is 9.59 Å². The van der Waals surface area contributed by atoms with Crippen LogP contribution in [0.4, 0.5) is 0 Å². The first-order valence-corrected chi connectivity index (χ1v) is 8.54. The molecule has 0 radical (unpaired) electrons. The SMILES string of the molecule is CCCC(=O)N(Cc1ccc(C)cc1)[C@@H](CC)C(=O)NC(C)C. The molecule has 1 atom stereocenters. The van der Waals surface area contributed by atoms with Crippen molar-refractivity contribution in [3.63, 3.8) is 0 Å². The number of benzene rings is 1. The van der Waals surface area contributed by atoms with E-state index in [2.05, 4.69) is 5.32 Å². The Morgan fingerprint density at radius 1 is 1.13 bits per heavy atom. The average molecular weight is 318 g/mol. The summed E-state index contributed by atoms with van der Waals surface area (Å²) in [6.45, 7) is 10.3.